The number of nitrogens with two attached hydrogens (primary N) is 1. The molecule has 0 bridgehead atoms. The van der Waals surface area contributed by atoms with E-state index in [1.165, 1.54) is 6.07 Å². The van der Waals surface area contributed by atoms with Crippen LogP contribution >= 0.6 is 0 Å². The van der Waals surface area contributed by atoms with Crippen LogP contribution in [0.2, 0.25) is 0 Å². The topological polar surface area (TPSA) is 80.5 Å². The Morgan fingerprint density at radius 1 is 1.38 bits per heavy atom. The van der Waals surface area contributed by atoms with Gasteiger partial charge < -0.3 is 4.90 Å². The van der Waals surface area contributed by atoms with E-state index in [4.69, 9.17) is 5.14 Å². The van der Waals surface area contributed by atoms with E-state index in [2.05, 4.69) is 13.8 Å². The summed E-state index contributed by atoms with van der Waals surface area (Å²) in [6, 6.07) is 3.25. The maximum atomic E-state index is 13.5. The minimum atomic E-state index is -4.19. The molecule has 1 amide bonds. The van der Waals surface area contributed by atoms with Crippen LogP contribution in [0.15, 0.2) is 23.1 Å². The number of benzene rings is 1. The van der Waals surface area contributed by atoms with Gasteiger partial charge in [-0.3, -0.25) is 4.79 Å². The van der Waals surface area contributed by atoms with Gasteiger partial charge in [0.25, 0.3) is 5.91 Å². The van der Waals surface area contributed by atoms with E-state index in [0.29, 0.717) is 13.1 Å². The molecule has 0 radical (unpaired) electrons. The highest BCUT2D eigenvalue weighted by Crippen LogP contribution is 2.29. The third-order valence-corrected chi connectivity index (χ3v) is 4.60. The molecule has 0 unspecified atom stereocenters. The molecule has 1 aliphatic heterocycles. The second-order valence-electron chi connectivity index (χ2n) is 6.18. The van der Waals surface area contributed by atoms with E-state index in [9.17, 15) is 17.6 Å². The molecule has 0 spiro atoms. The molecule has 0 aromatic heterocycles. The van der Waals surface area contributed by atoms with Gasteiger partial charge in [0.15, 0.2) is 0 Å². The number of hydrogen-bond donors (Lipinski definition) is 1. The highest BCUT2D eigenvalue weighted by atomic mass is 32.2. The average molecular weight is 314 g/mol. The summed E-state index contributed by atoms with van der Waals surface area (Å²) in [6.07, 6.45) is 1.92. The Morgan fingerprint density at radius 3 is 2.62 bits per heavy atom. The van der Waals surface area contributed by atoms with E-state index in [1.807, 2.05) is 0 Å². The fourth-order valence-corrected chi connectivity index (χ4v) is 3.26. The summed E-state index contributed by atoms with van der Waals surface area (Å²) in [5, 5.41) is 4.96. The molecule has 7 heteroatoms. The molecule has 1 aromatic rings. The maximum absolute atomic E-state index is 13.5. The number of carbonyl (C=O) groups is 1. The SMILES string of the molecule is CC1(C)CCCN(C(=O)c2ccc(F)c(S(N)(=O)=O)c2)C1. The lowest BCUT2D eigenvalue weighted by atomic mass is 9.84. The lowest BCUT2D eigenvalue weighted by Gasteiger charge is -2.38. The lowest BCUT2D eigenvalue weighted by Crippen LogP contribution is -2.43. The Labute approximate surface area is 124 Å². The van der Waals surface area contributed by atoms with Crippen molar-refractivity contribution in [1.82, 2.24) is 4.90 Å². The predicted octanol–water partition coefficient (Wildman–Crippen LogP) is 1.74. The summed E-state index contributed by atoms with van der Waals surface area (Å²) in [6.45, 7) is 5.36. The number of carbonyl (C=O) groups excluding carboxylic acids is 1. The van der Waals surface area contributed by atoms with Gasteiger partial charge in [0.1, 0.15) is 10.7 Å². The predicted molar refractivity (Wildman–Crippen MR) is 76.7 cm³/mol. The normalized spacial score (nSPS) is 18.6. The molecule has 1 aromatic carbocycles. The Bertz CT molecular complexity index is 671. The summed E-state index contributed by atoms with van der Waals surface area (Å²) >= 11 is 0. The summed E-state index contributed by atoms with van der Waals surface area (Å²) in [4.78, 5) is 13.5. The third-order valence-electron chi connectivity index (χ3n) is 3.67. The molecule has 0 aliphatic carbocycles. The second-order valence-corrected chi connectivity index (χ2v) is 7.71. The van der Waals surface area contributed by atoms with E-state index >= 15 is 0 Å². The number of hydrogen-bond acceptors (Lipinski definition) is 3. The van der Waals surface area contributed by atoms with Gasteiger partial charge in [-0.1, -0.05) is 13.8 Å². The summed E-state index contributed by atoms with van der Waals surface area (Å²) in [7, 11) is -4.19. The smallest absolute Gasteiger partial charge is 0.253 e. The van der Waals surface area contributed by atoms with Crippen LogP contribution in [-0.2, 0) is 10.0 Å². The molecule has 1 fully saturated rings. The zero-order chi connectivity index (χ0) is 15.8. The standard InChI is InChI=1S/C14H19FN2O3S/c1-14(2)6-3-7-17(9-14)13(18)10-4-5-11(15)12(8-10)21(16,19)20/h4-5,8H,3,6-7,9H2,1-2H3,(H2,16,19,20). The number of likely N-dealkylation sites (tertiary alicyclic amines) is 1. The van der Waals surface area contributed by atoms with Crippen LogP contribution in [0.3, 0.4) is 0 Å². The van der Waals surface area contributed by atoms with Crippen molar-refractivity contribution in [3.63, 3.8) is 0 Å². The summed E-state index contributed by atoms with van der Waals surface area (Å²) in [5.41, 5.74) is 0.162. The monoisotopic (exact) mass is 314 g/mol. The van der Waals surface area contributed by atoms with Crippen LogP contribution in [0.5, 0.6) is 0 Å². The van der Waals surface area contributed by atoms with Gasteiger partial charge in [-0.25, -0.2) is 17.9 Å². The average Bonchev–Trinajstić information content (AvgIpc) is 2.36. The first-order valence-corrected chi connectivity index (χ1v) is 8.26. The van der Waals surface area contributed by atoms with Crippen LogP contribution in [0.1, 0.15) is 37.0 Å². The highest BCUT2D eigenvalue weighted by molar-refractivity contribution is 7.89. The quantitative estimate of drug-likeness (QED) is 0.903. The van der Waals surface area contributed by atoms with Crippen molar-refractivity contribution in [3.05, 3.63) is 29.6 Å². The molecular weight excluding hydrogens is 295 g/mol. The lowest BCUT2D eigenvalue weighted by molar-refractivity contribution is 0.0583. The van der Waals surface area contributed by atoms with Crippen molar-refractivity contribution < 1.29 is 17.6 Å². The van der Waals surface area contributed by atoms with E-state index in [1.54, 1.807) is 4.90 Å². The van der Waals surface area contributed by atoms with Crippen LogP contribution in [-0.4, -0.2) is 32.3 Å². The van der Waals surface area contributed by atoms with Gasteiger partial charge in [0, 0.05) is 18.7 Å². The van der Waals surface area contributed by atoms with Crippen LogP contribution in [0, 0.1) is 11.2 Å². The Morgan fingerprint density at radius 2 is 2.05 bits per heavy atom. The van der Waals surface area contributed by atoms with Crippen molar-refractivity contribution in [3.8, 4) is 0 Å². The van der Waals surface area contributed by atoms with Crippen LogP contribution < -0.4 is 5.14 Å². The zero-order valence-electron chi connectivity index (χ0n) is 12.1. The number of halogens is 1. The third kappa shape index (κ3) is 3.59. The van der Waals surface area contributed by atoms with Gasteiger partial charge in [0.2, 0.25) is 10.0 Å². The van der Waals surface area contributed by atoms with Gasteiger partial charge in [-0.05, 0) is 36.5 Å². The maximum Gasteiger partial charge on any atom is 0.253 e. The van der Waals surface area contributed by atoms with Gasteiger partial charge in [-0.2, -0.15) is 0 Å². The van der Waals surface area contributed by atoms with Crippen molar-refractivity contribution >= 4 is 15.9 Å². The second kappa shape index (κ2) is 5.38. The molecule has 1 heterocycles. The summed E-state index contributed by atoms with van der Waals surface area (Å²) < 4.78 is 36.2. The number of piperidine rings is 1. The molecule has 1 saturated heterocycles. The first-order chi connectivity index (χ1) is 9.60. The Kier molecular flexibility index (Phi) is 4.08. The molecule has 0 saturated carbocycles. The van der Waals surface area contributed by atoms with Crippen LogP contribution in [0.25, 0.3) is 0 Å². The van der Waals surface area contributed by atoms with E-state index in [-0.39, 0.29) is 16.9 Å². The largest absolute Gasteiger partial charge is 0.338 e. The van der Waals surface area contributed by atoms with Crippen molar-refractivity contribution in [2.75, 3.05) is 13.1 Å². The molecule has 1 aliphatic rings. The minimum absolute atomic E-state index is 0.0245. The molecular formula is C14H19FN2O3S. The number of amides is 1. The van der Waals surface area contributed by atoms with E-state index < -0.39 is 20.7 Å². The summed E-state index contributed by atoms with van der Waals surface area (Å²) in [5.74, 6) is -1.25. The molecule has 116 valence electrons. The van der Waals surface area contributed by atoms with Crippen molar-refractivity contribution in [2.45, 2.75) is 31.6 Å². The molecule has 21 heavy (non-hydrogen) atoms. The molecule has 2 N–H and O–H groups in total. The van der Waals surface area contributed by atoms with Crippen molar-refractivity contribution in [2.24, 2.45) is 10.6 Å². The molecule has 5 nitrogen and oxygen atoms in total. The molecule has 2 rings (SSSR count). The minimum Gasteiger partial charge on any atom is -0.338 e. The van der Waals surface area contributed by atoms with Gasteiger partial charge in [0.05, 0.1) is 0 Å². The van der Waals surface area contributed by atoms with E-state index in [0.717, 1.165) is 25.0 Å². The molecule has 0 atom stereocenters. The van der Waals surface area contributed by atoms with Gasteiger partial charge >= 0.3 is 0 Å². The zero-order valence-corrected chi connectivity index (χ0v) is 12.9. The number of rotatable bonds is 2. The Hall–Kier alpha value is -1.47. The number of primary sulfonamides is 1. The Balaban J connectivity index is 2.32. The van der Waals surface area contributed by atoms with Crippen LogP contribution in [0.4, 0.5) is 4.39 Å². The highest BCUT2D eigenvalue weighted by Gasteiger charge is 2.30. The first-order valence-electron chi connectivity index (χ1n) is 6.72. The fourth-order valence-electron chi connectivity index (χ4n) is 2.63. The number of sulfonamides is 1. The van der Waals surface area contributed by atoms with Gasteiger partial charge in [-0.15, -0.1) is 0 Å². The fraction of sp³-hybridized carbons (Fsp3) is 0.500. The van der Waals surface area contributed by atoms with Crippen molar-refractivity contribution in [1.29, 1.82) is 0 Å². The number of nitrogens with zero attached hydrogens (tertiary/aromatic N) is 1. The first kappa shape index (κ1) is 15.9.